The Kier molecular flexibility index (Phi) is 6.11. The van der Waals surface area contributed by atoms with E-state index < -0.39 is 11.5 Å². The first-order chi connectivity index (χ1) is 13.5. The molecule has 1 aliphatic rings. The zero-order valence-corrected chi connectivity index (χ0v) is 16.0. The number of aliphatic hydroxyl groups is 2. The standard InChI is InChI=1S/C22H26N2O4/c1-24-19-10-6-5-9-18(19)22(21(24)28,13-16-7-3-2-4-8-16)12-11-20(27)23-17(14-25)15-26/h2-10,17,25-26H,11-15H2,1H3,(H,23,27). The SMILES string of the molecule is CN1C(=O)C(CCC(=O)NC(CO)CO)(Cc2ccccc2)c2ccccc21. The number of carbonyl (C=O) groups excluding carboxylic acids is 2. The Labute approximate surface area is 164 Å². The summed E-state index contributed by atoms with van der Waals surface area (Å²) >= 11 is 0. The van der Waals surface area contributed by atoms with Crippen LogP contribution in [0, 0.1) is 0 Å². The van der Waals surface area contributed by atoms with Crippen molar-refractivity contribution in [1.82, 2.24) is 5.32 Å². The molecule has 0 spiro atoms. The minimum atomic E-state index is -0.821. The van der Waals surface area contributed by atoms with Crippen molar-refractivity contribution >= 4 is 17.5 Å². The maximum Gasteiger partial charge on any atom is 0.237 e. The summed E-state index contributed by atoms with van der Waals surface area (Å²) in [5.41, 5.74) is 2.01. The van der Waals surface area contributed by atoms with Crippen LogP contribution in [0.15, 0.2) is 54.6 Å². The number of likely N-dealkylation sites (N-methyl/N-ethyl adjacent to an activating group) is 1. The molecule has 0 fully saturated rings. The highest BCUT2D eigenvalue weighted by atomic mass is 16.3. The summed E-state index contributed by atoms with van der Waals surface area (Å²) in [6, 6.07) is 16.8. The second-order valence-corrected chi connectivity index (χ2v) is 7.26. The third-order valence-corrected chi connectivity index (χ3v) is 5.43. The van der Waals surface area contributed by atoms with E-state index in [2.05, 4.69) is 5.32 Å². The first-order valence-corrected chi connectivity index (χ1v) is 9.44. The van der Waals surface area contributed by atoms with Crippen LogP contribution in [-0.4, -0.2) is 48.3 Å². The van der Waals surface area contributed by atoms with Gasteiger partial charge < -0.3 is 20.4 Å². The van der Waals surface area contributed by atoms with Crippen LogP contribution in [0.4, 0.5) is 5.69 Å². The molecule has 0 aromatic heterocycles. The number of amides is 2. The van der Waals surface area contributed by atoms with E-state index in [1.165, 1.54) is 0 Å². The molecule has 1 unspecified atom stereocenters. The Balaban J connectivity index is 1.91. The summed E-state index contributed by atoms with van der Waals surface area (Å²) in [4.78, 5) is 27.4. The van der Waals surface area contributed by atoms with Crippen LogP contribution in [-0.2, 0) is 21.4 Å². The molecule has 148 valence electrons. The normalized spacial score (nSPS) is 18.4. The highest BCUT2D eigenvalue weighted by Gasteiger charge is 2.49. The summed E-state index contributed by atoms with van der Waals surface area (Å²) in [6.45, 7) is -0.663. The van der Waals surface area contributed by atoms with Crippen LogP contribution < -0.4 is 10.2 Å². The number of fused-ring (bicyclic) bond motifs is 1. The molecule has 1 heterocycles. The number of para-hydroxylation sites is 1. The van der Waals surface area contributed by atoms with Gasteiger partial charge in [0, 0.05) is 19.2 Å². The molecule has 0 aliphatic carbocycles. The number of hydrogen-bond donors (Lipinski definition) is 3. The maximum atomic E-state index is 13.3. The molecule has 0 saturated carbocycles. The number of hydrogen-bond acceptors (Lipinski definition) is 4. The molecule has 2 amide bonds. The lowest BCUT2D eigenvalue weighted by Gasteiger charge is -2.29. The largest absolute Gasteiger partial charge is 0.394 e. The quantitative estimate of drug-likeness (QED) is 0.644. The van der Waals surface area contributed by atoms with Gasteiger partial charge in [0.05, 0.1) is 24.7 Å². The molecule has 0 radical (unpaired) electrons. The molecule has 6 nitrogen and oxygen atoms in total. The Morgan fingerprint density at radius 1 is 1.07 bits per heavy atom. The number of aliphatic hydroxyl groups excluding tert-OH is 2. The van der Waals surface area contributed by atoms with Crippen molar-refractivity contribution in [3.05, 3.63) is 65.7 Å². The van der Waals surface area contributed by atoms with E-state index in [9.17, 15) is 19.8 Å². The number of nitrogens with zero attached hydrogens (tertiary/aromatic N) is 1. The van der Waals surface area contributed by atoms with E-state index in [0.29, 0.717) is 12.8 Å². The van der Waals surface area contributed by atoms with Crippen LogP contribution in [0.2, 0.25) is 0 Å². The summed E-state index contributed by atoms with van der Waals surface area (Å²) in [7, 11) is 1.77. The highest BCUT2D eigenvalue weighted by molar-refractivity contribution is 6.08. The molecular formula is C22H26N2O4. The van der Waals surface area contributed by atoms with Gasteiger partial charge in [-0.05, 0) is 30.0 Å². The first-order valence-electron chi connectivity index (χ1n) is 9.44. The van der Waals surface area contributed by atoms with Crippen molar-refractivity contribution in [3.63, 3.8) is 0 Å². The van der Waals surface area contributed by atoms with Gasteiger partial charge in [-0.25, -0.2) is 0 Å². The Morgan fingerprint density at radius 2 is 1.71 bits per heavy atom. The predicted octanol–water partition coefficient (Wildman–Crippen LogP) is 1.39. The van der Waals surface area contributed by atoms with Crippen LogP contribution in [0.5, 0.6) is 0 Å². The van der Waals surface area contributed by atoms with Gasteiger partial charge >= 0.3 is 0 Å². The second kappa shape index (κ2) is 8.54. The minimum Gasteiger partial charge on any atom is -0.394 e. The minimum absolute atomic E-state index is 0.0220. The number of nitrogens with one attached hydrogen (secondary N) is 1. The van der Waals surface area contributed by atoms with E-state index in [-0.39, 0.29) is 31.4 Å². The second-order valence-electron chi connectivity index (χ2n) is 7.26. The number of anilines is 1. The van der Waals surface area contributed by atoms with Crippen LogP contribution >= 0.6 is 0 Å². The molecular weight excluding hydrogens is 356 g/mol. The Bertz CT molecular complexity index is 835. The van der Waals surface area contributed by atoms with E-state index in [4.69, 9.17) is 0 Å². The molecule has 0 saturated heterocycles. The van der Waals surface area contributed by atoms with Gasteiger partial charge in [-0.15, -0.1) is 0 Å². The van der Waals surface area contributed by atoms with Crippen molar-refractivity contribution in [2.45, 2.75) is 30.7 Å². The lowest BCUT2D eigenvalue weighted by molar-refractivity contribution is -0.125. The first kappa shape index (κ1) is 20.0. The van der Waals surface area contributed by atoms with Gasteiger partial charge in [0.1, 0.15) is 0 Å². The van der Waals surface area contributed by atoms with E-state index >= 15 is 0 Å². The Morgan fingerprint density at radius 3 is 2.39 bits per heavy atom. The van der Waals surface area contributed by atoms with E-state index in [1.54, 1.807) is 11.9 Å². The molecule has 6 heteroatoms. The van der Waals surface area contributed by atoms with Crippen molar-refractivity contribution in [3.8, 4) is 0 Å². The van der Waals surface area contributed by atoms with Gasteiger partial charge in [-0.3, -0.25) is 9.59 Å². The molecule has 3 rings (SSSR count). The molecule has 1 aliphatic heterocycles. The van der Waals surface area contributed by atoms with Crippen molar-refractivity contribution < 1.29 is 19.8 Å². The predicted molar refractivity (Wildman–Crippen MR) is 107 cm³/mol. The third kappa shape index (κ3) is 3.79. The van der Waals surface area contributed by atoms with E-state index in [1.807, 2.05) is 54.6 Å². The van der Waals surface area contributed by atoms with Gasteiger partial charge in [-0.1, -0.05) is 48.5 Å². The zero-order valence-electron chi connectivity index (χ0n) is 16.0. The lowest BCUT2D eigenvalue weighted by Crippen LogP contribution is -2.43. The van der Waals surface area contributed by atoms with Crippen molar-refractivity contribution in [2.24, 2.45) is 0 Å². The van der Waals surface area contributed by atoms with Gasteiger partial charge in [0.15, 0.2) is 0 Å². The number of rotatable bonds is 8. The Hall–Kier alpha value is -2.70. The fourth-order valence-electron chi connectivity index (χ4n) is 3.94. The van der Waals surface area contributed by atoms with Crippen molar-refractivity contribution in [2.75, 3.05) is 25.2 Å². The fraction of sp³-hybridized carbons (Fsp3) is 0.364. The van der Waals surface area contributed by atoms with Gasteiger partial charge in [0.25, 0.3) is 0 Å². The lowest BCUT2D eigenvalue weighted by atomic mass is 9.73. The monoisotopic (exact) mass is 382 g/mol. The number of carbonyl (C=O) groups is 2. The van der Waals surface area contributed by atoms with Crippen LogP contribution in [0.25, 0.3) is 0 Å². The van der Waals surface area contributed by atoms with Gasteiger partial charge in [-0.2, -0.15) is 0 Å². The number of benzene rings is 2. The summed E-state index contributed by atoms with van der Waals surface area (Å²) in [5, 5.41) is 21.0. The fourth-order valence-corrected chi connectivity index (χ4v) is 3.94. The molecule has 0 bridgehead atoms. The summed E-state index contributed by atoms with van der Waals surface area (Å²) in [5.74, 6) is -0.313. The maximum absolute atomic E-state index is 13.3. The topological polar surface area (TPSA) is 89.9 Å². The van der Waals surface area contributed by atoms with E-state index in [0.717, 1.165) is 16.8 Å². The summed E-state index contributed by atoms with van der Waals surface area (Å²) < 4.78 is 0. The average molecular weight is 382 g/mol. The zero-order chi connectivity index (χ0) is 20.1. The third-order valence-electron chi connectivity index (χ3n) is 5.43. The van der Waals surface area contributed by atoms with Crippen molar-refractivity contribution in [1.29, 1.82) is 0 Å². The van der Waals surface area contributed by atoms with Crippen LogP contribution in [0.3, 0.4) is 0 Å². The summed E-state index contributed by atoms with van der Waals surface area (Å²) in [6.07, 6.45) is 0.972. The molecule has 3 N–H and O–H groups in total. The van der Waals surface area contributed by atoms with Crippen LogP contribution in [0.1, 0.15) is 24.0 Å². The molecule has 2 aromatic rings. The molecule has 1 atom stereocenters. The highest BCUT2D eigenvalue weighted by Crippen LogP contribution is 2.46. The molecule has 28 heavy (non-hydrogen) atoms. The average Bonchev–Trinajstić information content (AvgIpc) is 2.94. The van der Waals surface area contributed by atoms with Gasteiger partial charge in [0.2, 0.25) is 11.8 Å². The smallest absolute Gasteiger partial charge is 0.237 e. The molecule has 2 aromatic carbocycles.